The third-order valence-electron chi connectivity index (χ3n) is 4.40. The lowest BCUT2D eigenvalue weighted by Crippen LogP contribution is -2.38. The van der Waals surface area contributed by atoms with Crippen molar-refractivity contribution in [2.24, 2.45) is 4.99 Å². The zero-order valence-electron chi connectivity index (χ0n) is 17.6. The zero-order valence-corrected chi connectivity index (χ0v) is 17.6. The fourth-order valence-corrected chi connectivity index (χ4v) is 2.63. The van der Waals surface area contributed by atoms with Crippen LogP contribution in [0.4, 0.5) is 0 Å². The summed E-state index contributed by atoms with van der Waals surface area (Å²) in [5, 5.41) is 9.42. The average molecular weight is 397 g/mol. The number of benzene rings is 2. The van der Waals surface area contributed by atoms with Crippen LogP contribution in [0.25, 0.3) is 0 Å². The van der Waals surface area contributed by atoms with Gasteiger partial charge in [0.15, 0.2) is 5.96 Å². The molecule has 0 aliphatic rings. The predicted octanol–water partition coefficient (Wildman–Crippen LogP) is 3.27. The minimum Gasteiger partial charge on any atom is -0.492 e. The van der Waals surface area contributed by atoms with Crippen LogP contribution in [0.15, 0.2) is 53.5 Å². The molecule has 0 atom stereocenters. The highest BCUT2D eigenvalue weighted by atomic mass is 16.5. The molecule has 6 nitrogen and oxygen atoms in total. The molecule has 0 aromatic heterocycles. The molecule has 0 saturated carbocycles. The maximum atomic E-state index is 12.0. The van der Waals surface area contributed by atoms with E-state index < -0.39 is 0 Å². The van der Waals surface area contributed by atoms with Crippen LogP contribution in [0.5, 0.6) is 5.75 Å². The lowest BCUT2D eigenvalue weighted by Gasteiger charge is -2.13. The largest absolute Gasteiger partial charge is 0.492 e. The first-order valence-electron chi connectivity index (χ1n) is 10.1. The van der Waals surface area contributed by atoms with Gasteiger partial charge < -0.3 is 20.7 Å². The standard InChI is InChI=1S/C23H32N4O2/c1-4-5-14-25-22(28)20-10-8-19(9-11-20)17-27-23(24-3)26-15-16-29-21-12-6-18(2)7-13-21/h6-13H,4-5,14-17H2,1-3H3,(H,25,28)(H2,24,26,27). The first-order valence-corrected chi connectivity index (χ1v) is 10.1. The van der Waals surface area contributed by atoms with Crippen LogP contribution in [0.3, 0.4) is 0 Å². The zero-order chi connectivity index (χ0) is 20.9. The number of carbonyl (C=O) groups excluding carboxylic acids is 1. The summed E-state index contributed by atoms with van der Waals surface area (Å²) < 4.78 is 5.71. The van der Waals surface area contributed by atoms with Gasteiger partial charge in [0, 0.05) is 25.7 Å². The third kappa shape index (κ3) is 8.25. The molecule has 0 aliphatic heterocycles. The van der Waals surface area contributed by atoms with E-state index in [2.05, 4.69) is 34.8 Å². The van der Waals surface area contributed by atoms with E-state index in [0.29, 0.717) is 37.8 Å². The monoisotopic (exact) mass is 396 g/mol. The molecule has 156 valence electrons. The van der Waals surface area contributed by atoms with Crippen LogP contribution < -0.4 is 20.7 Å². The van der Waals surface area contributed by atoms with Gasteiger partial charge in [-0.3, -0.25) is 9.79 Å². The van der Waals surface area contributed by atoms with E-state index in [-0.39, 0.29) is 5.91 Å². The molecule has 29 heavy (non-hydrogen) atoms. The molecule has 6 heteroatoms. The molecule has 0 radical (unpaired) electrons. The van der Waals surface area contributed by atoms with Crippen LogP contribution in [-0.2, 0) is 6.54 Å². The highest BCUT2D eigenvalue weighted by Gasteiger charge is 2.05. The molecule has 0 fully saturated rings. The SMILES string of the molecule is CCCCNC(=O)c1ccc(CNC(=NC)NCCOc2ccc(C)cc2)cc1. The quantitative estimate of drug-likeness (QED) is 0.327. The van der Waals surface area contributed by atoms with Crippen molar-refractivity contribution in [1.29, 1.82) is 0 Å². The van der Waals surface area contributed by atoms with Crippen molar-refractivity contribution in [3.05, 3.63) is 65.2 Å². The number of hydrogen-bond acceptors (Lipinski definition) is 3. The summed E-state index contributed by atoms with van der Waals surface area (Å²) in [5.41, 5.74) is 2.97. The summed E-state index contributed by atoms with van der Waals surface area (Å²) in [6, 6.07) is 15.6. The van der Waals surface area contributed by atoms with E-state index in [1.165, 1.54) is 5.56 Å². The van der Waals surface area contributed by atoms with Crippen molar-refractivity contribution >= 4 is 11.9 Å². The van der Waals surface area contributed by atoms with Gasteiger partial charge in [0.05, 0.1) is 6.54 Å². The van der Waals surface area contributed by atoms with E-state index in [0.717, 1.165) is 24.2 Å². The van der Waals surface area contributed by atoms with Crippen LogP contribution in [0, 0.1) is 6.92 Å². The van der Waals surface area contributed by atoms with Crippen LogP contribution in [0.2, 0.25) is 0 Å². The number of nitrogens with one attached hydrogen (secondary N) is 3. The molecule has 2 aromatic carbocycles. The second kappa shape index (κ2) is 12.4. The summed E-state index contributed by atoms with van der Waals surface area (Å²) in [6.45, 7) is 6.69. The number of guanidine groups is 1. The van der Waals surface area contributed by atoms with Gasteiger partial charge in [-0.15, -0.1) is 0 Å². The number of rotatable bonds is 10. The summed E-state index contributed by atoms with van der Waals surface area (Å²) in [5.74, 6) is 1.54. The molecular weight excluding hydrogens is 364 g/mol. The number of ether oxygens (including phenoxy) is 1. The highest BCUT2D eigenvalue weighted by Crippen LogP contribution is 2.10. The summed E-state index contributed by atoms with van der Waals surface area (Å²) in [4.78, 5) is 16.3. The minimum absolute atomic E-state index is 0.0241. The number of carbonyl (C=O) groups is 1. The lowest BCUT2D eigenvalue weighted by molar-refractivity contribution is 0.0953. The molecular formula is C23H32N4O2. The highest BCUT2D eigenvalue weighted by molar-refractivity contribution is 5.94. The number of amides is 1. The van der Waals surface area contributed by atoms with E-state index in [4.69, 9.17) is 4.74 Å². The summed E-state index contributed by atoms with van der Waals surface area (Å²) in [6.07, 6.45) is 2.06. The molecule has 2 aromatic rings. The van der Waals surface area contributed by atoms with Gasteiger partial charge in [0.1, 0.15) is 12.4 Å². The number of aliphatic imine (C=N–C) groups is 1. The molecule has 0 bridgehead atoms. The van der Waals surface area contributed by atoms with Crippen molar-refractivity contribution in [3.8, 4) is 5.75 Å². The number of unbranched alkanes of at least 4 members (excludes halogenated alkanes) is 1. The molecule has 0 unspecified atom stereocenters. The van der Waals surface area contributed by atoms with Crippen molar-refractivity contribution in [2.45, 2.75) is 33.2 Å². The van der Waals surface area contributed by atoms with E-state index in [1.54, 1.807) is 7.05 Å². The molecule has 0 aliphatic carbocycles. The molecule has 3 N–H and O–H groups in total. The maximum Gasteiger partial charge on any atom is 0.251 e. The molecule has 0 spiro atoms. The van der Waals surface area contributed by atoms with Crippen molar-refractivity contribution in [3.63, 3.8) is 0 Å². The molecule has 2 rings (SSSR count). The van der Waals surface area contributed by atoms with Crippen LogP contribution in [-0.4, -0.2) is 38.6 Å². The first-order chi connectivity index (χ1) is 14.1. The Morgan fingerprint density at radius 2 is 1.69 bits per heavy atom. The first kappa shape index (κ1) is 22.3. The third-order valence-corrected chi connectivity index (χ3v) is 4.40. The molecule has 0 saturated heterocycles. The van der Waals surface area contributed by atoms with Crippen LogP contribution in [0.1, 0.15) is 41.3 Å². The normalized spacial score (nSPS) is 11.1. The maximum absolute atomic E-state index is 12.0. The molecule has 0 heterocycles. The Morgan fingerprint density at radius 3 is 2.34 bits per heavy atom. The van der Waals surface area contributed by atoms with Gasteiger partial charge in [-0.1, -0.05) is 43.2 Å². The summed E-state index contributed by atoms with van der Waals surface area (Å²) in [7, 11) is 1.74. The van der Waals surface area contributed by atoms with Gasteiger partial charge in [-0.2, -0.15) is 0 Å². The molecule has 1 amide bonds. The predicted molar refractivity (Wildman–Crippen MR) is 119 cm³/mol. The fraction of sp³-hybridized carbons (Fsp3) is 0.391. The van der Waals surface area contributed by atoms with Crippen molar-refractivity contribution < 1.29 is 9.53 Å². The Hall–Kier alpha value is -3.02. The van der Waals surface area contributed by atoms with Gasteiger partial charge in [-0.05, 0) is 43.2 Å². The van der Waals surface area contributed by atoms with Crippen molar-refractivity contribution in [1.82, 2.24) is 16.0 Å². The van der Waals surface area contributed by atoms with Gasteiger partial charge in [0.2, 0.25) is 0 Å². The Kier molecular flexibility index (Phi) is 9.55. The number of hydrogen-bond donors (Lipinski definition) is 3. The minimum atomic E-state index is -0.0241. The topological polar surface area (TPSA) is 74.8 Å². The number of aryl methyl sites for hydroxylation is 1. The summed E-state index contributed by atoms with van der Waals surface area (Å²) >= 11 is 0. The van der Waals surface area contributed by atoms with Crippen molar-refractivity contribution in [2.75, 3.05) is 26.7 Å². The second-order valence-corrected chi connectivity index (χ2v) is 6.82. The Balaban J connectivity index is 1.70. The van der Waals surface area contributed by atoms with Gasteiger partial charge in [-0.25, -0.2) is 0 Å². The van der Waals surface area contributed by atoms with E-state index in [1.807, 2.05) is 48.5 Å². The van der Waals surface area contributed by atoms with Gasteiger partial charge in [0.25, 0.3) is 5.91 Å². The average Bonchev–Trinajstić information content (AvgIpc) is 2.75. The van der Waals surface area contributed by atoms with E-state index in [9.17, 15) is 4.79 Å². The second-order valence-electron chi connectivity index (χ2n) is 6.82. The lowest BCUT2D eigenvalue weighted by atomic mass is 10.1. The smallest absolute Gasteiger partial charge is 0.251 e. The Bertz CT molecular complexity index is 770. The number of nitrogens with zero attached hydrogens (tertiary/aromatic N) is 1. The fourth-order valence-electron chi connectivity index (χ4n) is 2.63. The van der Waals surface area contributed by atoms with Gasteiger partial charge >= 0.3 is 0 Å². The Labute approximate surface area is 173 Å². The van der Waals surface area contributed by atoms with E-state index >= 15 is 0 Å². The van der Waals surface area contributed by atoms with Crippen LogP contribution >= 0.6 is 0 Å². The Morgan fingerprint density at radius 1 is 0.966 bits per heavy atom.